The molecule has 1 aliphatic rings. The first-order valence-electron chi connectivity index (χ1n) is 5.21. The van der Waals surface area contributed by atoms with Gasteiger partial charge in [-0.05, 0) is 17.7 Å². The summed E-state index contributed by atoms with van der Waals surface area (Å²) < 4.78 is 16.0. The van der Waals surface area contributed by atoms with Crippen LogP contribution in [-0.4, -0.2) is 10.4 Å². The molecule has 3 nitrogen and oxygen atoms in total. The number of anilines is 1. The summed E-state index contributed by atoms with van der Waals surface area (Å²) >= 11 is 0. The minimum atomic E-state index is -1.38. The number of fused-ring (bicyclic) bond motifs is 3. The van der Waals surface area contributed by atoms with E-state index in [9.17, 15) is 4.21 Å². The van der Waals surface area contributed by atoms with Gasteiger partial charge in [-0.1, -0.05) is 30.3 Å². The van der Waals surface area contributed by atoms with Crippen LogP contribution in [0, 0.1) is 0 Å². The highest BCUT2D eigenvalue weighted by atomic mass is 32.2. The number of benzene rings is 2. The van der Waals surface area contributed by atoms with Crippen LogP contribution in [0.5, 0.6) is 0 Å². The summed E-state index contributed by atoms with van der Waals surface area (Å²) in [6.45, 7) is 0. The van der Waals surface area contributed by atoms with Gasteiger partial charge in [0.15, 0.2) is 11.0 Å². The second-order valence-corrected chi connectivity index (χ2v) is 4.94. The van der Waals surface area contributed by atoms with Gasteiger partial charge in [0.1, 0.15) is 0 Å². The van der Waals surface area contributed by atoms with E-state index >= 15 is 0 Å². The fourth-order valence-corrected chi connectivity index (χ4v) is 2.90. The van der Waals surface area contributed by atoms with Crippen LogP contribution in [0.1, 0.15) is 5.56 Å². The molecule has 0 saturated heterocycles. The van der Waals surface area contributed by atoms with Crippen LogP contribution < -0.4 is 5.73 Å². The number of nitrogens with two attached hydrogens (primary N) is 1. The van der Waals surface area contributed by atoms with Gasteiger partial charge in [-0.3, -0.25) is 0 Å². The lowest BCUT2D eigenvalue weighted by Gasteiger charge is -2.10. The first-order chi connectivity index (χ1) is 8.27. The summed E-state index contributed by atoms with van der Waals surface area (Å²) in [5, 5.41) is 0. The monoisotopic (exact) mass is 242 g/mol. The minimum Gasteiger partial charge on any atom is -0.398 e. The van der Waals surface area contributed by atoms with Gasteiger partial charge in [0.05, 0.1) is 4.90 Å². The molecule has 0 fully saturated rings. The molecule has 0 bridgehead atoms. The van der Waals surface area contributed by atoms with Crippen molar-refractivity contribution in [3.63, 3.8) is 0 Å². The molecule has 1 aliphatic heterocycles. The van der Waals surface area contributed by atoms with Gasteiger partial charge in [0.2, 0.25) is 0 Å². The minimum absolute atomic E-state index is 0.633. The summed E-state index contributed by atoms with van der Waals surface area (Å²) in [5.41, 5.74) is 9.39. The van der Waals surface area contributed by atoms with E-state index in [0.717, 1.165) is 16.7 Å². The van der Waals surface area contributed by atoms with Crippen molar-refractivity contribution in [3.05, 3.63) is 48.0 Å². The van der Waals surface area contributed by atoms with Gasteiger partial charge >= 0.3 is 0 Å². The Hall–Kier alpha value is -1.94. The normalized spacial score (nSPS) is 17.1. The maximum Gasteiger partial charge on any atom is 0.173 e. The number of hydrogen-bond donors (Lipinski definition) is 1. The van der Waals surface area contributed by atoms with Gasteiger partial charge in [-0.25, -0.2) is 4.21 Å². The quantitative estimate of drug-likeness (QED) is 0.721. The molecule has 2 aromatic rings. The maximum atomic E-state index is 12.0. The largest absolute Gasteiger partial charge is 0.398 e. The highest BCUT2D eigenvalue weighted by Crippen LogP contribution is 2.35. The number of nitrogen functional groups attached to an aromatic ring is 1. The Morgan fingerprint density at radius 2 is 1.88 bits per heavy atom. The molecule has 0 aromatic heterocycles. The highest BCUT2D eigenvalue weighted by molar-refractivity contribution is 7.84. The summed E-state index contributed by atoms with van der Waals surface area (Å²) in [5.74, 6) is 0. The Labute approximate surface area is 102 Å². The van der Waals surface area contributed by atoms with Crippen molar-refractivity contribution < 1.29 is 4.21 Å². The first-order valence-corrected chi connectivity index (χ1v) is 6.32. The highest BCUT2D eigenvalue weighted by Gasteiger charge is 2.18. The molecule has 0 radical (unpaired) electrons. The standard InChI is InChI=1S/C13H10N2OS/c14-11-6-3-7-12-13(11)10-5-2-1-4-9(10)8-15-17(12)16/h1-8H,14H2. The van der Waals surface area contributed by atoms with Crippen LogP contribution in [-0.2, 0) is 11.0 Å². The molecule has 0 saturated carbocycles. The molecular weight excluding hydrogens is 232 g/mol. The lowest BCUT2D eigenvalue weighted by Crippen LogP contribution is -1.96. The van der Waals surface area contributed by atoms with Gasteiger partial charge < -0.3 is 5.73 Å². The molecule has 0 aliphatic carbocycles. The number of rotatable bonds is 0. The van der Waals surface area contributed by atoms with E-state index in [2.05, 4.69) is 4.40 Å². The zero-order valence-corrected chi connectivity index (χ0v) is 9.78. The summed E-state index contributed by atoms with van der Waals surface area (Å²) in [6, 6.07) is 13.2. The van der Waals surface area contributed by atoms with Crippen molar-refractivity contribution >= 4 is 22.9 Å². The Morgan fingerprint density at radius 1 is 1.06 bits per heavy atom. The van der Waals surface area contributed by atoms with E-state index in [-0.39, 0.29) is 0 Å². The van der Waals surface area contributed by atoms with Gasteiger partial charge in [-0.15, -0.1) is 0 Å². The van der Waals surface area contributed by atoms with Crippen LogP contribution in [0.4, 0.5) is 5.69 Å². The van der Waals surface area contributed by atoms with E-state index in [4.69, 9.17) is 5.73 Å². The molecule has 4 heteroatoms. The summed E-state index contributed by atoms with van der Waals surface area (Å²) in [7, 11) is -1.38. The van der Waals surface area contributed by atoms with E-state index < -0.39 is 11.0 Å². The maximum absolute atomic E-state index is 12.0. The van der Waals surface area contributed by atoms with Crippen molar-refractivity contribution in [2.24, 2.45) is 4.40 Å². The Morgan fingerprint density at radius 3 is 2.76 bits per heavy atom. The van der Waals surface area contributed by atoms with Crippen molar-refractivity contribution in [2.45, 2.75) is 4.90 Å². The second-order valence-electron chi connectivity index (χ2n) is 3.79. The third kappa shape index (κ3) is 1.57. The van der Waals surface area contributed by atoms with Crippen molar-refractivity contribution in [1.29, 1.82) is 0 Å². The predicted molar refractivity (Wildman–Crippen MR) is 70.3 cm³/mol. The average molecular weight is 242 g/mol. The van der Waals surface area contributed by atoms with E-state index in [1.165, 1.54) is 0 Å². The van der Waals surface area contributed by atoms with Gasteiger partial charge in [-0.2, -0.15) is 4.40 Å². The molecule has 0 amide bonds. The lowest BCUT2D eigenvalue weighted by atomic mass is 9.99. The average Bonchev–Trinajstić information content (AvgIpc) is 2.49. The van der Waals surface area contributed by atoms with Crippen LogP contribution >= 0.6 is 0 Å². The molecule has 1 unspecified atom stereocenters. The Balaban J connectivity index is 2.43. The van der Waals surface area contributed by atoms with Gasteiger partial charge in [0.25, 0.3) is 0 Å². The second kappa shape index (κ2) is 3.82. The zero-order chi connectivity index (χ0) is 11.8. The molecule has 2 N–H and O–H groups in total. The summed E-state index contributed by atoms with van der Waals surface area (Å²) in [4.78, 5) is 0.672. The molecular formula is C13H10N2OS. The fourth-order valence-electron chi connectivity index (χ4n) is 1.98. The van der Waals surface area contributed by atoms with E-state index in [1.54, 1.807) is 18.3 Å². The molecule has 0 spiro atoms. The molecule has 1 heterocycles. The summed E-state index contributed by atoms with van der Waals surface area (Å²) in [6.07, 6.45) is 1.64. The Kier molecular flexibility index (Phi) is 2.30. The fraction of sp³-hybridized carbons (Fsp3) is 0. The SMILES string of the molecule is Nc1cccc2c1-c1ccccc1C=NS2=O. The molecule has 2 aromatic carbocycles. The van der Waals surface area contributed by atoms with E-state index in [1.807, 2.05) is 30.3 Å². The van der Waals surface area contributed by atoms with Crippen molar-refractivity contribution in [2.75, 3.05) is 5.73 Å². The zero-order valence-electron chi connectivity index (χ0n) is 8.96. The van der Waals surface area contributed by atoms with Crippen LogP contribution in [0.15, 0.2) is 51.8 Å². The van der Waals surface area contributed by atoms with Crippen LogP contribution in [0.3, 0.4) is 0 Å². The smallest absolute Gasteiger partial charge is 0.173 e. The predicted octanol–water partition coefficient (Wildman–Crippen LogP) is 2.39. The third-order valence-corrected chi connectivity index (χ3v) is 3.78. The third-order valence-electron chi connectivity index (χ3n) is 2.76. The topological polar surface area (TPSA) is 55.4 Å². The Bertz CT molecular complexity index is 650. The number of hydrogen-bond acceptors (Lipinski definition) is 2. The molecule has 3 rings (SSSR count). The molecule has 1 atom stereocenters. The number of nitrogens with zero attached hydrogens (tertiary/aromatic N) is 1. The van der Waals surface area contributed by atoms with Crippen LogP contribution in [0.2, 0.25) is 0 Å². The molecule has 84 valence electrons. The van der Waals surface area contributed by atoms with Crippen LogP contribution in [0.25, 0.3) is 11.1 Å². The van der Waals surface area contributed by atoms with Crippen molar-refractivity contribution in [3.8, 4) is 11.1 Å². The molecule has 17 heavy (non-hydrogen) atoms. The lowest BCUT2D eigenvalue weighted by molar-refractivity contribution is 0.685. The van der Waals surface area contributed by atoms with Gasteiger partial charge in [0, 0.05) is 23.0 Å². The first kappa shape index (κ1) is 10.2. The van der Waals surface area contributed by atoms with Crippen molar-refractivity contribution in [1.82, 2.24) is 0 Å². The van der Waals surface area contributed by atoms with E-state index in [0.29, 0.717) is 10.6 Å².